The van der Waals surface area contributed by atoms with E-state index >= 15 is 0 Å². The van der Waals surface area contributed by atoms with Gasteiger partial charge in [-0.05, 0) is 73.7 Å². The van der Waals surface area contributed by atoms with Crippen molar-refractivity contribution in [2.24, 2.45) is 5.10 Å². The number of fused-ring (bicyclic) bond motifs is 2. The Bertz CT molecular complexity index is 2250. The summed E-state index contributed by atoms with van der Waals surface area (Å²) in [4.78, 5) is 42.4. The van der Waals surface area contributed by atoms with Crippen LogP contribution in [0.5, 0.6) is 11.5 Å². The zero-order valence-corrected chi connectivity index (χ0v) is 26.8. The summed E-state index contributed by atoms with van der Waals surface area (Å²) in [6.45, 7) is 1.31. The van der Waals surface area contributed by atoms with Gasteiger partial charge in [0.05, 0.1) is 28.6 Å². The van der Waals surface area contributed by atoms with Crippen LogP contribution in [0.3, 0.4) is 0 Å². The molecule has 1 amide bonds. The van der Waals surface area contributed by atoms with Gasteiger partial charge in [0, 0.05) is 32.2 Å². The average molecular weight is 717 g/mol. The summed E-state index contributed by atoms with van der Waals surface area (Å²) >= 11 is 9.34. The molecule has 0 unspecified atom stereocenters. The third-order valence-corrected chi connectivity index (χ3v) is 7.55. The predicted molar refractivity (Wildman–Crippen MR) is 182 cm³/mol. The van der Waals surface area contributed by atoms with Crippen LogP contribution in [0.1, 0.15) is 12.5 Å². The summed E-state index contributed by atoms with van der Waals surface area (Å²) < 4.78 is 19.2. The summed E-state index contributed by atoms with van der Waals surface area (Å²) in [6.07, 6.45) is 1.27. The minimum atomic E-state index is -0.659. The first-order valence-corrected chi connectivity index (χ1v) is 15.3. The second-order valence-electron chi connectivity index (χ2n) is 10.0. The summed E-state index contributed by atoms with van der Waals surface area (Å²) in [7, 11) is 0. The maximum atomic E-state index is 13.7. The summed E-state index contributed by atoms with van der Waals surface area (Å²) in [5.41, 5.74) is 0.769. The van der Waals surface area contributed by atoms with Crippen molar-refractivity contribution in [1.82, 2.24) is 9.66 Å². The topological polar surface area (TPSA) is 151 Å². The number of carbonyl (C=O) groups is 1. The summed E-state index contributed by atoms with van der Waals surface area (Å²) in [5.74, 6) is -0.361. The number of hydrogen-bond donors (Lipinski definition) is 1. The number of carbonyl (C=O) groups excluding carboxylic acids is 1. The van der Waals surface area contributed by atoms with Crippen molar-refractivity contribution in [3.8, 4) is 23.1 Å². The molecule has 12 nitrogen and oxygen atoms in total. The van der Waals surface area contributed by atoms with Crippen molar-refractivity contribution >= 4 is 72.9 Å². The van der Waals surface area contributed by atoms with E-state index in [9.17, 15) is 19.7 Å². The van der Waals surface area contributed by atoms with Crippen LogP contribution >= 0.6 is 27.5 Å². The lowest BCUT2D eigenvalue weighted by Crippen LogP contribution is -2.21. The molecule has 0 aliphatic carbocycles. The largest absolute Gasteiger partial charge is 0.490 e. The van der Waals surface area contributed by atoms with Gasteiger partial charge in [-0.2, -0.15) is 9.78 Å². The molecule has 14 heteroatoms. The zero-order valence-electron chi connectivity index (χ0n) is 24.5. The van der Waals surface area contributed by atoms with Gasteiger partial charge >= 0.3 is 5.69 Å². The molecule has 2 aromatic heterocycles. The van der Waals surface area contributed by atoms with Gasteiger partial charge in [0.25, 0.3) is 11.5 Å². The Kier molecular flexibility index (Phi) is 9.00. The Labute approximate surface area is 279 Å². The maximum absolute atomic E-state index is 13.7. The lowest BCUT2D eigenvalue weighted by atomic mass is 10.2. The van der Waals surface area contributed by atoms with Crippen molar-refractivity contribution in [3.05, 3.63) is 120 Å². The van der Waals surface area contributed by atoms with Gasteiger partial charge in [-0.25, -0.2) is 4.98 Å². The van der Waals surface area contributed by atoms with E-state index in [-0.39, 0.29) is 29.5 Å². The van der Waals surface area contributed by atoms with E-state index in [0.29, 0.717) is 33.0 Å². The monoisotopic (exact) mass is 715 g/mol. The van der Waals surface area contributed by atoms with Crippen LogP contribution in [0, 0.1) is 10.1 Å². The lowest BCUT2D eigenvalue weighted by molar-refractivity contribution is -0.385. The number of ether oxygens (including phenoxy) is 2. The third kappa shape index (κ3) is 6.86. The summed E-state index contributed by atoms with van der Waals surface area (Å²) in [5, 5.41) is 20.8. The van der Waals surface area contributed by atoms with Crippen LogP contribution in [0.4, 0.5) is 11.4 Å². The molecule has 236 valence electrons. The normalized spacial score (nSPS) is 11.3. The number of nitrogens with one attached hydrogen (secondary N) is 1. The molecule has 0 aliphatic rings. The molecule has 6 rings (SSSR count). The van der Waals surface area contributed by atoms with Gasteiger partial charge in [0.2, 0.25) is 11.6 Å². The van der Waals surface area contributed by atoms with Crippen LogP contribution in [0.2, 0.25) is 5.02 Å². The highest BCUT2D eigenvalue weighted by Crippen LogP contribution is 2.38. The number of furan rings is 1. The fourth-order valence-corrected chi connectivity index (χ4v) is 5.24. The zero-order chi connectivity index (χ0) is 33.1. The molecular formula is C33H23BrClN5O7. The van der Waals surface area contributed by atoms with Crippen LogP contribution in [0.25, 0.3) is 33.5 Å². The number of nitrogens with zero attached hydrogens (tertiary/aromatic N) is 4. The van der Waals surface area contributed by atoms with E-state index in [4.69, 9.17) is 25.5 Å². The standard InChI is InChI=1S/C33H23BrClN5O7/c1-2-45-28-14-19(13-26(40(43)44)31(28)46-18-30(41)37-23-10-8-22(35)9-11-23)17-36-39-32(38-25-6-4-3-5-24(25)33(39)42)29-16-20-15-21(34)7-12-27(20)47-29/h3-17H,2,18H2,1H3,(H,37,41). The number of benzene rings is 4. The van der Waals surface area contributed by atoms with Gasteiger partial charge in [-0.1, -0.05) is 39.7 Å². The number of anilines is 1. The van der Waals surface area contributed by atoms with Gasteiger partial charge in [-0.15, -0.1) is 0 Å². The van der Waals surface area contributed by atoms with E-state index < -0.39 is 28.7 Å². The molecular weight excluding hydrogens is 694 g/mol. The highest BCUT2D eigenvalue weighted by atomic mass is 79.9. The smallest absolute Gasteiger partial charge is 0.315 e. The fraction of sp³-hybridized carbons (Fsp3) is 0.0909. The Hall–Kier alpha value is -5.53. The SMILES string of the molecule is CCOc1cc(C=Nn2c(-c3cc4cc(Br)ccc4o3)nc3ccccc3c2=O)cc([N+](=O)[O-])c1OCC(=O)Nc1ccc(Cl)cc1. The molecule has 0 radical (unpaired) electrons. The Morgan fingerprint density at radius 1 is 1.11 bits per heavy atom. The Morgan fingerprint density at radius 3 is 2.66 bits per heavy atom. The first-order chi connectivity index (χ1) is 22.7. The van der Waals surface area contributed by atoms with Crippen molar-refractivity contribution in [3.63, 3.8) is 0 Å². The number of aromatic nitrogens is 2. The van der Waals surface area contributed by atoms with Gasteiger partial charge < -0.3 is 19.2 Å². The lowest BCUT2D eigenvalue weighted by Gasteiger charge is -2.13. The molecule has 0 fully saturated rings. The highest BCUT2D eigenvalue weighted by Gasteiger charge is 2.24. The van der Waals surface area contributed by atoms with Crippen molar-refractivity contribution in [1.29, 1.82) is 0 Å². The molecule has 1 N–H and O–H groups in total. The predicted octanol–water partition coefficient (Wildman–Crippen LogP) is 7.43. The van der Waals surface area contributed by atoms with E-state index in [1.807, 2.05) is 12.1 Å². The van der Waals surface area contributed by atoms with Gasteiger partial charge in [-0.3, -0.25) is 19.7 Å². The van der Waals surface area contributed by atoms with Crippen molar-refractivity contribution in [2.45, 2.75) is 6.92 Å². The molecule has 0 saturated heterocycles. The number of amides is 1. The molecule has 2 heterocycles. The summed E-state index contributed by atoms with van der Waals surface area (Å²) in [6, 6.07) is 23.1. The van der Waals surface area contributed by atoms with Crippen molar-refractivity contribution < 1.29 is 23.6 Å². The fourth-order valence-electron chi connectivity index (χ4n) is 4.73. The molecule has 4 aromatic carbocycles. The second-order valence-corrected chi connectivity index (χ2v) is 11.4. The highest BCUT2D eigenvalue weighted by molar-refractivity contribution is 9.10. The average Bonchev–Trinajstić information content (AvgIpc) is 3.48. The minimum Gasteiger partial charge on any atom is -0.490 e. The maximum Gasteiger partial charge on any atom is 0.315 e. The molecule has 6 aromatic rings. The first-order valence-electron chi connectivity index (χ1n) is 14.1. The second kappa shape index (κ2) is 13.4. The van der Waals surface area contributed by atoms with Crippen LogP contribution in [-0.4, -0.2) is 39.9 Å². The molecule has 47 heavy (non-hydrogen) atoms. The number of hydrogen-bond acceptors (Lipinski definition) is 9. The van der Waals surface area contributed by atoms with Gasteiger partial charge in [0.1, 0.15) is 5.58 Å². The van der Waals surface area contributed by atoms with Gasteiger partial charge in [0.15, 0.2) is 18.1 Å². The van der Waals surface area contributed by atoms with E-state index in [2.05, 4.69) is 31.3 Å². The van der Waals surface area contributed by atoms with E-state index in [0.717, 1.165) is 14.5 Å². The third-order valence-electron chi connectivity index (χ3n) is 6.80. The Morgan fingerprint density at radius 2 is 1.89 bits per heavy atom. The quantitative estimate of drug-likeness (QED) is 0.0873. The number of nitro groups is 1. The van der Waals surface area contributed by atoms with E-state index in [1.54, 1.807) is 67.6 Å². The number of rotatable bonds is 10. The first kappa shape index (κ1) is 31.5. The van der Waals surface area contributed by atoms with Crippen molar-refractivity contribution in [2.75, 3.05) is 18.5 Å². The molecule has 0 spiro atoms. The number of nitro benzene ring substituents is 1. The number of halogens is 2. The van der Waals surface area contributed by atoms with Crippen LogP contribution in [-0.2, 0) is 4.79 Å². The minimum absolute atomic E-state index is 0.00881. The molecule has 0 aliphatic heterocycles. The molecule has 0 atom stereocenters. The Balaban J connectivity index is 1.37. The van der Waals surface area contributed by atoms with Crippen LogP contribution in [0.15, 0.2) is 104 Å². The van der Waals surface area contributed by atoms with Crippen LogP contribution < -0.4 is 20.3 Å². The number of para-hydroxylation sites is 1. The molecule has 0 saturated carbocycles. The molecule has 0 bridgehead atoms. The van der Waals surface area contributed by atoms with E-state index in [1.165, 1.54) is 18.3 Å².